The van der Waals surface area contributed by atoms with Crippen LogP contribution in [-0.4, -0.2) is 31.4 Å². The van der Waals surface area contributed by atoms with E-state index in [2.05, 4.69) is 15.4 Å². The average molecular weight is 369 g/mol. The van der Waals surface area contributed by atoms with E-state index in [4.69, 9.17) is 8.94 Å². The first-order chi connectivity index (χ1) is 13.0. The van der Waals surface area contributed by atoms with Crippen LogP contribution in [0.1, 0.15) is 60.5 Å². The standard InChI is InChI=1S/C19H19N3O5/c1-10(23)18-20-21-19(26-18)13-6-11(7-13)8-16(25)15-9-17(27-22-15)12-2-4-14(24)5-3-12/h2-5,9-11,13,23-24H,6-8H2,1H3/t10-,11?,13?/m1/s1. The quantitative estimate of drug-likeness (QED) is 0.635. The number of aromatic hydroxyl groups is 1. The van der Waals surface area contributed by atoms with Gasteiger partial charge < -0.3 is 19.2 Å². The van der Waals surface area contributed by atoms with E-state index < -0.39 is 6.10 Å². The molecule has 1 fully saturated rings. The number of benzene rings is 1. The minimum absolute atomic E-state index is 0.0672. The number of rotatable bonds is 6. The smallest absolute Gasteiger partial charge is 0.244 e. The SMILES string of the molecule is C[C@@H](O)c1nnc(C2CC(CC(=O)c3cc(-c4ccc(O)cc4)on3)C2)o1. The van der Waals surface area contributed by atoms with Crippen LogP contribution >= 0.6 is 0 Å². The first-order valence-electron chi connectivity index (χ1n) is 8.80. The fraction of sp³-hybridized carbons (Fsp3) is 0.368. The molecule has 27 heavy (non-hydrogen) atoms. The van der Waals surface area contributed by atoms with Crippen molar-refractivity contribution in [2.24, 2.45) is 5.92 Å². The summed E-state index contributed by atoms with van der Waals surface area (Å²) in [5.41, 5.74) is 1.05. The normalized spacial score (nSPS) is 20.2. The Morgan fingerprint density at radius 1 is 1.26 bits per heavy atom. The Labute approximate surface area is 154 Å². The summed E-state index contributed by atoms with van der Waals surface area (Å²) in [6, 6.07) is 8.12. The molecule has 8 heteroatoms. The zero-order valence-corrected chi connectivity index (χ0v) is 14.7. The zero-order valence-electron chi connectivity index (χ0n) is 14.7. The lowest BCUT2D eigenvalue weighted by atomic mass is 9.72. The van der Waals surface area contributed by atoms with Crippen molar-refractivity contribution in [2.75, 3.05) is 0 Å². The molecule has 2 N–H and O–H groups in total. The minimum atomic E-state index is -0.779. The molecule has 8 nitrogen and oxygen atoms in total. The van der Waals surface area contributed by atoms with E-state index in [9.17, 15) is 15.0 Å². The summed E-state index contributed by atoms with van der Waals surface area (Å²) in [6.45, 7) is 1.57. The molecular formula is C19H19N3O5. The number of nitrogens with zero attached hydrogens (tertiary/aromatic N) is 3. The largest absolute Gasteiger partial charge is 0.508 e. The van der Waals surface area contributed by atoms with Crippen LogP contribution in [0.15, 0.2) is 39.3 Å². The molecule has 0 radical (unpaired) electrons. The van der Waals surface area contributed by atoms with Gasteiger partial charge in [0.05, 0.1) is 0 Å². The molecule has 1 saturated carbocycles. The van der Waals surface area contributed by atoms with E-state index in [1.165, 1.54) is 0 Å². The van der Waals surface area contributed by atoms with Crippen LogP contribution < -0.4 is 0 Å². The third-order valence-corrected chi connectivity index (χ3v) is 4.82. The maximum Gasteiger partial charge on any atom is 0.244 e. The number of carbonyl (C=O) groups excluding carboxylic acids is 1. The van der Waals surface area contributed by atoms with Gasteiger partial charge in [-0.15, -0.1) is 10.2 Å². The van der Waals surface area contributed by atoms with Crippen molar-refractivity contribution in [3.63, 3.8) is 0 Å². The molecular weight excluding hydrogens is 350 g/mol. The Balaban J connectivity index is 1.33. The third-order valence-electron chi connectivity index (χ3n) is 4.82. The first-order valence-corrected chi connectivity index (χ1v) is 8.80. The highest BCUT2D eigenvalue weighted by Gasteiger charge is 2.36. The lowest BCUT2D eigenvalue weighted by Gasteiger charge is -2.32. The monoisotopic (exact) mass is 369 g/mol. The zero-order chi connectivity index (χ0) is 19.0. The second-order valence-corrected chi connectivity index (χ2v) is 6.94. The first kappa shape index (κ1) is 17.4. The van der Waals surface area contributed by atoms with Crippen LogP contribution in [0.3, 0.4) is 0 Å². The van der Waals surface area contributed by atoms with Crippen LogP contribution in [0.4, 0.5) is 0 Å². The highest BCUT2D eigenvalue weighted by atomic mass is 16.5. The Kier molecular flexibility index (Phi) is 4.49. The number of phenolic OH excluding ortho intramolecular Hbond substituents is 1. The minimum Gasteiger partial charge on any atom is -0.508 e. The Morgan fingerprint density at radius 2 is 2.00 bits per heavy atom. The summed E-state index contributed by atoms with van der Waals surface area (Å²) in [7, 11) is 0. The molecule has 0 spiro atoms. The number of aliphatic hydroxyl groups is 1. The maximum atomic E-state index is 12.4. The van der Waals surface area contributed by atoms with Gasteiger partial charge in [-0.3, -0.25) is 4.79 Å². The lowest BCUT2D eigenvalue weighted by Crippen LogP contribution is -2.24. The van der Waals surface area contributed by atoms with Gasteiger partial charge >= 0.3 is 0 Å². The highest BCUT2D eigenvalue weighted by Crippen LogP contribution is 2.43. The van der Waals surface area contributed by atoms with Gasteiger partial charge in [0.1, 0.15) is 17.5 Å². The van der Waals surface area contributed by atoms with E-state index in [0.29, 0.717) is 23.8 Å². The molecule has 0 bridgehead atoms. The predicted molar refractivity (Wildman–Crippen MR) is 92.9 cm³/mol. The average Bonchev–Trinajstić information content (AvgIpc) is 3.28. The van der Waals surface area contributed by atoms with Gasteiger partial charge in [0, 0.05) is 24.0 Å². The molecule has 0 aliphatic heterocycles. The molecule has 3 aromatic rings. The molecule has 4 rings (SSSR count). The van der Waals surface area contributed by atoms with Crippen LogP contribution in [0.5, 0.6) is 5.75 Å². The van der Waals surface area contributed by atoms with Crippen molar-refractivity contribution in [2.45, 2.75) is 38.2 Å². The number of Topliss-reactive ketones (excluding diaryl/α,β-unsaturated/α-hetero) is 1. The summed E-state index contributed by atoms with van der Waals surface area (Å²) >= 11 is 0. The van der Waals surface area contributed by atoms with E-state index in [-0.39, 0.29) is 29.3 Å². The third kappa shape index (κ3) is 3.61. The Morgan fingerprint density at radius 3 is 2.67 bits per heavy atom. The molecule has 0 saturated heterocycles. The van der Waals surface area contributed by atoms with Crippen molar-refractivity contribution < 1.29 is 23.9 Å². The van der Waals surface area contributed by atoms with E-state index >= 15 is 0 Å². The van der Waals surface area contributed by atoms with E-state index in [1.807, 2.05) is 0 Å². The van der Waals surface area contributed by atoms with Crippen molar-refractivity contribution in [3.8, 4) is 17.1 Å². The van der Waals surface area contributed by atoms with Gasteiger partial charge in [0.25, 0.3) is 0 Å². The number of ketones is 1. The molecule has 1 atom stereocenters. The Hall–Kier alpha value is -3.00. The Bertz CT molecular complexity index is 938. The number of hydrogen-bond acceptors (Lipinski definition) is 8. The second kappa shape index (κ2) is 6.96. The number of aliphatic hydroxyl groups excluding tert-OH is 1. The van der Waals surface area contributed by atoms with Gasteiger partial charge in [-0.1, -0.05) is 5.16 Å². The molecule has 2 heterocycles. The fourth-order valence-electron chi connectivity index (χ4n) is 3.22. The molecule has 140 valence electrons. The van der Waals surface area contributed by atoms with Gasteiger partial charge in [-0.2, -0.15) is 0 Å². The summed E-state index contributed by atoms with van der Waals surface area (Å²) < 4.78 is 10.7. The molecule has 0 amide bonds. The molecule has 2 aromatic heterocycles. The van der Waals surface area contributed by atoms with Gasteiger partial charge in [-0.25, -0.2) is 0 Å². The van der Waals surface area contributed by atoms with Gasteiger partial charge in [-0.05, 0) is 49.9 Å². The number of phenols is 1. The molecule has 1 aliphatic rings. The van der Waals surface area contributed by atoms with Crippen LogP contribution in [0, 0.1) is 5.92 Å². The van der Waals surface area contributed by atoms with Crippen molar-refractivity contribution in [1.29, 1.82) is 0 Å². The molecule has 1 aromatic carbocycles. The maximum absolute atomic E-state index is 12.4. The molecule has 0 unspecified atom stereocenters. The van der Waals surface area contributed by atoms with Gasteiger partial charge in [0.15, 0.2) is 11.5 Å². The van der Waals surface area contributed by atoms with Crippen LogP contribution in [0.25, 0.3) is 11.3 Å². The summed E-state index contributed by atoms with van der Waals surface area (Å²) in [5, 5.41) is 30.4. The van der Waals surface area contributed by atoms with Gasteiger partial charge in [0.2, 0.25) is 11.8 Å². The summed E-state index contributed by atoms with van der Waals surface area (Å²) in [5.74, 6) is 1.69. The highest BCUT2D eigenvalue weighted by molar-refractivity contribution is 5.95. The fourth-order valence-corrected chi connectivity index (χ4v) is 3.22. The summed E-state index contributed by atoms with van der Waals surface area (Å²) in [4.78, 5) is 12.4. The van der Waals surface area contributed by atoms with Crippen molar-refractivity contribution in [3.05, 3.63) is 47.8 Å². The number of hydrogen-bond donors (Lipinski definition) is 2. The second-order valence-electron chi connectivity index (χ2n) is 6.94. The van der Waals surface area contributed by atoms with E-state index in [0.717, 1.165) is 18.4 Å². The summed E-state index contributed by atoms with van der Waals surface area (Å²) in [6.07, 6.45) is 1.18. The van der Waals surface area contributed by atoms with E-state index in [1.54, 1.807) is 37.3 Å². The lowest BCUT2D eigenvalue weighted by molar-refractivity contribution is 0.0905. The van der Waals surface area contributed by atoms with Crippen LogP contribution in [-0.2, 0) is 0 Å². The number of carbonyl (C=O) groups is 1. The predicted octanol–water partition coefficient (Wildman–Crippen LogP) is 3.25. The van der Waals surface area contributed by atoms with Crippen molar-refractivity contribution >= 4 is 5.78 Å². The van der Waals surface area contributed by atoms with Crippen molar-refractivity contribution in [1.82, 2.24) is 15.4 Å². The topological polar surface area (TPSA) is 122 Å². The number of aromatic nitrogens is 3. The van der Waals surface area contributed by atoms with Crippen LogP contribution in [0.2, 0.25) is 0 Å². The molecule has 1 aliphatic carbocycles.